The summed E-state index contributed by atoms with van der Waals surface area (Å²) in [4.78, 5) is 4.66. The van der Waals surface area contributed by atoms with Crippen LogP contribution in [0.5, 0.6) is 0 Å². The molecule has 4 heteroatoms. The fourth-order valence-electron chi connectivity index (χ4n) is 3.98. The van der Waals surface area contributed by atoms with E-state index in [1.807, 2.05) is 12.1 Å². The molecule has 0 aliphatic carbocycles. The molecule has 0 aliphatic rings. The van der Waals surface area contributed by atoms with Crippen LogP contribution in [0, 0.1) is 0 Å². The van der Waals surface area contributed by atoms with Crippen LogP contribution < -0.4 is 3.71 Å². The first-order valence-corrected chi connectivity index (χ1v) is 17.2. The Bertz CT molecular complexity index is 601. The average molecular weight is 439 g/mol. The van der Waals surface area contributed by atoms with Crippen LogP contribution in [0.4, 0.5) is 4.39 Å². The second kappa shape index (κ2) is 9.79. The van der Waals surface area contributed by atoms with Crippen molar-refractivity contribution < 1.29 is 4.39 Å². The predicted molar refractivity (Wildman–Crippen MR) is 105 cm³/mol. The second-order valence-corrected chi connectivity index (χ2v) is 20.0. The Hall–Kier alpha value is -0.581. The Kier molecular flexibility index (Phi) is 8.05. The molecule has 0 saturated heterocycles. The molecule has 0 bridgehead atoms. The molecule has 134 valence electrons. The summed E-state index contributed by atoms with van der Waals surface area (Å²) in [6.45, 7) is 6.42. The van der Waals surface area contributed by atoms with Gasteiger partial charge in [0.15, 0.2) is 0 Å². The summed E-state index contributed by atoms with van der Waals surface area (Å²) in [6, 6.07) is 6.10. The zero-order valence-corrected chi connectivity index (χ0v) is 18.5. The fourth-order valence-corrected chi connectivity index (χ4v) is 21.1. The van der Waals surface area contributed by atoms with Gasteiger partial charge in [0.1, 0.15) is 0 Å². The Morgan fingerprint density at radius 1 is 0.958 bits per heavy atom. The number of imidazole rings is 1. The van der Waals surface area contributed by atoms with E-state index in [0.717, 1.165) is 11.3 Å². The molecule has 0 atom stereocenters. The van der Waals surface area contributed by atoms with Crippen molar-refractivity contribution in [1.29, 1.82) is 0 Å². The molecule has 0 amide bonds. The van der Waals surface area contributed by atoms with Gasteiger partial charge in [-0.2, -0.15) is 0 Å². The van der Waals surface area contributed by atoms with Crippen LogP contribution in [0.3, 0.4) is 0 Å². The third-order valence-electron chi connectivity index (χ3n) is 5.26. The normalized spacial score (nSPS) is 12.2. The maximum atomic E-state index is 13.9. The minimum atomic E-state index is -2.68. The zero-order chi connectivity index (χ0) is 17.4. The van der Waals surface area contributed by atoms with Gasteiger partial charge in [0.25, 0.3) is 0 Å². The van der Waals surface area contributed by atoms with E-state index in [0.29, 0.717) is 0 Å². The van der Waals surface area contributed by atoms with Gasteiger partial charge in [-0.05, 0) is 0 Å². The number of unbranched alkanes of at least 4 members (excludes halogenated alkanes) is 3. The summed E-state index contributed by atoms with van der Waals surface area (Å²) in [5.74, 6) is 0. The monoisotopic (exact) mass is 440 g/mol. The predicted octanol–water partition coefficient (Wildman–Crippen LogP) is 5.86. The Balaban J connectivity index is 2.58. The molecule has 2 nitrogen and oxygen atoms in total. The first-order chi connectivity index (χ1) is 11.7. The summed E-state index contributed by atoms with van der Waals surface area (Å²) in [5, 5.41) is 0. The van der Waals surface area contributed by atoms with Crippen LogP contribution in [0.15, 0.2) is 24.4 Å². The molecule has 0 aliphatic heterocycles. The molecule has 0 N–H and O–H groups in total. The van der Waals surface area contributed by atoms with Gasteiger partial charge in [0.05, 0.1) is 0 Å². The first kappa shape index (κ1) is 19.7. The third-order valence-corrected chi connectivity index (χ3v) is 20.9. The van der Waals surface area contributed by atoms with Crippen LogP contribution in [0.1, 0.15) is 65.0 Å². The number of hydrogen-bond donors (Lipinski definition) is 0. The van der Waals surface area contributed by atoms with E-state index in [2.05, 4.69) is 42.4 Å². The zero-order valence-electron chi connectivity index (χ0n) is 15.7. The molecule has 2 aromatic heterocycles. The van der Waals surface area contributed by atoms with Crippen molar-refractivity contribution in [3.63, 3.8) is 0 Å². The van der Waals surface area contributed by atoms with Crippen LogP contribution in [-0.2, 0) is 6.67 Å². The van der Waals surface area contributed by atoms with Gasteiger partial charge < -0.3 is 0 Å². The van der Waals surface area contributed by atoms with Crippen LogP contribution in [0.2, 0.25) is 13.3 Å². The van der Waals surface area contributed by atoms with Gasteiger partial charge >= 0.3 is 151 Å². The van der Waals surface area contributed by atoms with Crippen molar-refractivity contribution in [2.45, 2.75) is 79.3 Å². The number of nitrogens with zero attached hydrogens (tertiary/aromatic N) is 2. The van der Waals surface area contributed by atoms with Crippen molar-refractivity contribution in [3.05, 3.63) is 30.1 Å². The van der Waals surface area contributed by atoms with E-state index in [-0.39, 0.29) is 0 Å². The molecule has 0 spiro atoms. The van der Waals surface area contributed by atoms with E-state index in [1.54, 1.807) is 0 Å². The van der Waals surface area contributed by atoms with Crippen LogP contribution >= 0.6 is 0 Å². The van der Waals surface area contributed by atoms with Crippen molar-refractivity contribution >= 4 is 27.7 Å². The van der Waals surface area contributed by atoms with Gasteiger partial charge in [0.2, 0.25) is 0 Å². The maximum absolute atomic E-state index is 13.9. The van der Waals surface area contributed by atoms with Gasteiger partial charge in [-0.3, -0.25) is 0 Å². The molecular formula is C20H33FN2Sn. The van der Waals surface area contributed by atoms with Crippen molar-refractivity contribution in [1.82, 2.24) is 9.38 Å². The van der Waals surface area contributed by atoms with Gasteiger partial charge in [0, 0.05) is 0 Å². The molecule has 24 heavy (non-hydrogen) atoms. The van der Waals surface area contributed by atoms with Gasteiger partial charge in [-0.25, -0.2) is 0 Å². The number of pyridine rings is 1. The first-order valence-electron chi connectivity index (χ1n) is 9.74. The Morgan fingerprint density at radius 3 is 2.04 bits per heavy atom. The van der Waals surface area contributed by atoms with Crippen molar-refractivity contribution in [3.8, 4) is 0 Å². The summed E-state index contributed by atoms with van der Waals surface area (Å²) in [7, 11) is 0. The molecule has 2 aromatic rings. The van der Waals surface area contributed by atoms with E-state index >= 15 is 0 Å². The molecular weight excluding hydrogens is 406 g/mol. The minimum absolute atomic E-state index is 0.417. The van der Waals surface area contributed by atoms with E-state index in [4.69, 9.17) is 0 Å². The standard InChI is InChI=1S/C8H6FN2.3C4H9.Sn/c9-5-7-6-11-4-2-1-3-8(11)10-7;3*1-3-4-2;/h1-4H,5H2;3*1,3-4H2,2H3;. The fraction of sp³-hybridized carbons (Fsp3) is 0.650. The van der Waals surface area contributed by atoms with Crippen LogP contribution in [0.25, 0.3) is 5.65 Å². The number of fused-ring (bicyclic) bond motifs is 1. The van der Waals surface area contributed by atoms with E-state index in [1.165, 1.54) is 55.5 Å². The van der Waals surface area contributed by atoms with Crippen LogP contribution in [-0.4, -0.2) is 27.8 Å². The molecule has 2 heterocycles. The Labute approximate surface area is 150 Å². The summed E-state index contributed by atoms with van der Waals surface area (Å²) >= 11 is -2.68. The van der Waals surface area contributed by atoms with Gasteiger partial charge in [-0.15, -0.1) is 0 Å². The Morgan fingerprint density at radius 2 is 1.54 bits per heavy atom. The SMILES string of the molecule is CCC[CH2][Sn]([CH2]CCC)([CH2]CCC)[c]1c(CF)nc2ccccn12. The number of rotatable bonds is 11. The summed E-state index contributed by atoms with van der Waals surface area (Å²) in [5.41, 5.74) is 1.69. The number of halogens is 1. The topological polar surface area (TPSA) is 17.3 Å². The molecule has 0 unspecified atom stereocenters. The molecule has 0 aromatic carbocycles. The number of aromatic nitrogens is 2. The quantitative estimate of drug-likeness (QED) is 0.401. The second-order valence-electron chi connectivity index (χ2n) is 7.06. The van der Waals surface area contributed by atoms with E-state index in [9.17, 15) is 4.39 Å². The number of hydrogen-bond acceptors (Lipinski definition) is 1. The molecule has 0 saturated carbocycles. The van der Waals surface area contributed by atoms with Crippen molar-refractivity contribution in [2.24, 2.45) is 0 Å². The summed E-state index contributed by atoms with van der Waals surface area (Å²) in [6.07, 6.45) is 9.68. The number of alkyl halides is 1. The van der Waals surface area contributed by atoms with Gasteiger partial charge in [-0.1, -0.05) is 0 Å². The molecule has 0 radical (unpaired) electrons. The van der Waals surface area contributed by atoms with E-state index < -0.39 is 25.1 Å². The van der Waals surface area contributed by atoms with Crippen molar-refractivity contribution in [2.75, 3.05) is 0 Å². The average Bonchev–Trinajstić information content (AvgIpc) is 3.01. The molecule has 0 fully saturated rings. The molecule has 2 rings (SSSR count). The summed E-state index contributed by atoms with van der Waals surface area (Å²) < 4.78 is 21.5. The third kappa shape index (κ3) is 4.33.